The van der Waals surface area contributed by atoms with Crippen molar-refractivity contribution in [2.24, 2.45) is 0 Å². The van der Waals surface area contributed by atoms with Crippen LogP contribution in [0.4, 0.5) is 14.9 Å². The first kappa shape index (κ1) is 16.7. The molecule has 0 aliphatic carbocycles. The number of carbonyl (C=O) groups is 3. The number of imidazole rings is 1. The molecular weight excluding hydrogens is 353 g/mol. The van der Waals surface area contributed by atoms with E-state index in [1.807, 2.05) is 0 Å². The van der Waals surface area contributed by atoms with E-state index >= 15 is 0 Å². The van der Waals surface area contributed by atoms with E-state index in [1.54, 1.807) is 30.3 Å². The molecule has 0 unspecified atom stereocenters. The summed E-state index contributed by atoms with van der Waals surface area (Å²) in [5.41, 5.74) is 2.59. The van der Waals surface area contributed by atoms with Crippen molar-refractivity contribution in [3.05, 3.63) is 48.3 Å². The number of aromatic nitrogens is 2. The highest BCUT2D eigenvalue weighted by Crippen LogP contribution is 2.23. The quantitative estimate of drug-likeness (QED) is 0.612. The molecule has 1 saturated heterocycles. The van der Waals surface area contributed by atoms with Crippen LogP contribution in [-0.4, -0.2) is 45.8 Å². The zero-order valence-electron chi connectivity index (χ0n) is 14.0. The molecule has 0 atom stereocenters. The average molecular weight is 367 g/mol. The number of halogens is 1. The molecule has 0 saturated carbocycles. The van der Waals surface area contributed by atoms with E-state index in [2.05, 4.69) is 20.6 Å². The first-order valence-electron chi connectivity index (χ1n) is 8.13. The predicted molar refractivity (Wildman–Crippen MR) is 95.2 cm³/mol. The van der Waals surface area contributed by atoms with Gasteiger partial charge in [-0.05, 0) is 42.5 Å². The zero-order chi connectivity index (χ0) is 19.0. The normalized spacial score (nSPS) is 13.9. The molecule has 4 rings (SSSR count). The number of amides is 4. The summed E-state index contributed by atoms with van der Waals surface area (Å²) >= 11 is 0. The van der Waals surface area contributed by atoms with Gasteiger partial charge in [-0.3, -0.25) is 14.5 Å². The van der Waals surface area contributed by atoms with Crippen LogP contribution in [0.15, 0.2) is 42.5 Å². The van der Waals surface area contributed by atoms with Gasteiger partial charge in [-0.2, -0.15) is 0 Å². The molecule has 8 nitrogen and oxygen atoms in total. The second-order valence-electron chi connectivity index (χ2n) is 6.01. The van der Waals surface area contributed by atoms with Gasteiger partial charge in [0.2, 0.25) is 5.91 Å². The van der Waals surface area contributed by atoms with E-state index < -0.39 is 17.8 Å². The van der Waals surface area contributed by atoms with Gasteiger partial charge >= 0.3 is 6.03 Å². The number of nitrogens with one attached hydrogen (secondary N) is 3. The summed E-state index contributed by atoms with van der Waals surface area (Å²) in [6.07, 6.45) is 0. The fourth-order valence-electron chi connectivity index (χ4n) is 2.79. The van der Waals surface area contributed by atoms with Crippen LogP contribution in [0.5, 0.6) is 0 Å². The monoisotopic (exact) mass is 367 g/mol. The molecule has 4 amide bonds. The fourth-order valence-corrected chi connectivity index (χ4v) is 2.79. The minimum atomic E-state index is -0.580. The summed E-state index contributed by atoms with van der Waals surface area (Å²) < 4.78 is 13.1. The minimum Gasteiger partial charge on any atom is -0.338 e. The topological polar surface area (TPSA) is 107 Å². The number of H-pyrrole nitrogens is 1. The maximum atomic E-state index is 13.1. The van der Waals surface area contributed by atoms with Crippen molar-refractivity contribution in [2.45, 2.75) is 0 Å². The van der Waals surface area contributed by atoms with E-state index in [0.29, 0.717) is 22.5 Å². The maximum absolute atomic E-state index is 13.1. The van der Waals surface area contributed by atoms with Gasteiger partial charge in [0.15, 0.2) is 0 Å². The Morgan fingerprint density at radius 2 is 1.96 bits per heavy atom. The average Bonchev–Trinajstić information content (AvgIpc) is 3.20. The Kier molecular flexibility index (Phi) is 4.03. The summed E-state index contributed by atoms with van der Waals surface area (Å²) in [5, 5.41) is 5.00. The standard InChI is InChI=1S/C18H14FN5O3/c19-11-3-1-10(2-4-11)17-22-13-6-5-12(7-14(13)23-17)21-15(25)9-24-16(26)8-20-18(24)27/h1-7H,8-9H2,(H,20,27)(H,21,25)(H,22,23). The van der Waals surface area contributed by atoms with Crippen LogP contribution in [0.3, 0.4) is 0 Å². The third-order valence-electron chi connectivity index (χ3n) is 4.12. The van der Waals surface area contributed by atoms with Gasteiger partial charge in [-0.1, -0.05) is 0 Å². The van der Waals surface area contributed by atoms with E-state index in [-0.39, 0.29) is 18.9 Å². The maximum Gasteiger partial charge on any atom is 0.325 e. The van der Waals surface area contributed by atoms with Gasteiger partial charge < -0.3 is 15.6 Å². The van der Waals surface area contributed by atoms with Crippen molar-refractivity contribution >= 4 is 34.6 Å². The summed E-state index contributed by atoms with van der Waals surface area (Å²) in [6.45, 7) is -0.453. The van der Waals surface area contributed by atoms with Gasteiger partial charge in [0, 0.05) is 11.3 Å². The second kappa shape index (κ2) is 6.52. The molecule has 2 heterocycles. The van der Waals surface area contributed by atoms with E-state index in [4.69, 9.17) is 0 Å². The number of carbonyl (C=O) groups excluding carboxylic acids is 3. The van der Waals surface area contributed by atoms with Crippen LogP contribution in [0.25, 0.3) is 22.4 Å². The van der Waals surface area contributed by atoms with E-state index in [1.165, 1.54) is 12.1 Å². The highest BCUT2D eigenvalue weighted by molar-refractivity contribution is 6.06. The van der Waals surface area contributed by atoms with Crippen LogP contribution in [0.2, 0.25) is 0 Å². The predicted octanol–water partition coefficient (Wildman–Crippen LogP) is 1.86. The van der Waals surface area contributed by atoms with Gasteiger partial charge in [0.05, 0.1) is 17.6 Å². The van der Waals surface area contributed by atoms with Gasteiger partial charge in [0.25, 0.3) is 5.91 Å². The Labute approximate surface area is 152 Å². The van der Waals surface area contributed by atoms with Gasteiger partial charge in [0.1, 0.15) is 18.2 Å². The molecule has 3 aromatic rings. The number of urea groups is 1. The number of nitrogens with zero attached hydrogens (tertiary/aromatic N) is 2. The molecule has 136 valence electrons. The third-order valence-corrected chi connectivity index (χ3v) is 4.12. The number of rotatable bonds is 4. The molecular formula is C18H14FN5O3. The van der Waals surface area contributed by atoms with Gasteiger partial charge in [-0.15, -0.1) is 0 Å². The molecule has 9 heteroatoms. The summed E-state index contributed by atoms with van der Waals surface area (Å²) in [4.78, 5) is 43.5. The third kappa shape index (κ3) is 3.34. The molecule has 0 spiro atoms. The smallest absolute Gasteiger partial charge is 0.325 e. The van der Waals surface area contributed by atoms with Crippen LogP contribution in [-0.2, 0) is 9.59 Å². The van der Waals surface area contributed by atoms with Crippen molar-refractivity contribution in [2.75, 3.05) is 18.4 Å². The van der Waals surface area contributed by atoms with Crippen molar-refractivity contribution in [1.29, 1.82) is 0 Å². The highest BCUT2D eigenvalue weighted by Gasteiger charge is 2.30. The van der Waals surface area contributed by atoms with Crippen LogP contribution >= 0.6 is 0 Å². The van der Waals surface area contributed by atoms with E-state index in [0.717, 1.165) is 10.5 Å². The molecule has 0 bridgehead atoms. The Bertz CT molecular complexity index is 1040. The number of anilines is 1. The lowest BCUT2D eigenvalue weighted by molar-refractivity contribution is -0.128. The summed E-state index contributed by atoms with van der Waals surface area (Å²) in [7, 11) is 0. The molecule has 1 aliphatic heterocycles. The molecule has 1 fully saturated rings. The van der Waals surface area contributed by atoms with Crippen molar-refractivity contribution < 1.29 is 18.8 Å². The molecule has 27 heavy (non-hydrogen) atoms. The highest BCUT2D eigenvalue weighted by atomic mass is 19.1. The summed E-state index contributed by atoms with van der Waals surface area (Å²) in [6, 6.07) is 10.4. The summed E-state index contributed by atoms with van der Waals surface area (Å²) in [5.74, 6) is -0.682. The van der Waals surface area contributed by atoms with Crippen LogP contribution < -0.4 is 10.6 Å². The SMILES string of the molecule is O=C(CN1C(=O)CNC1=O)Nc1ccc2nc(-c3ccc(F)cc3)[nH]c2c1. The molecule has 1 aromatic heterocycles. The van der Waals surface area contributed by atoms with Crippen molar-refractivity contribution in [1.82, 2.24) is 20.2 Å². The lowest BCUT2D eigenvalue weighted by Crippen LogP contribution is -2.38. The Morgan fingerprint density at radius 3 is 2.67 bits per heavy atom. The minimum absolute atomic E-state index is 0.0988. The molecule has 1 aliphatic rings. The largest absolute Gasteiger partial charge is 0.338 e. The van der Waals surface area contributed by atoms with Crippen molar-refractivity contribution in [3.8, 4) is 11.4 Å². The first-order chi connectivity index (χ1) is 13.0. The van der Waals surface area contributed by atoms with Crippen molar-refractivity contribution in [3.63, 3.8) is 0 Å². The number of fused-ring (bicyclic) bond motifs is 1. The number of hydrogen-bond donors (Lipinski definition) is 3. The lowest BCUT2D eigenvalue weighted by atomic mass is 10.2. The Morgan fingerprint density at radius 1 is 1.19 bits per heavy atom. The number of imide groups is 1. The lowest BCUT2D eigenvalue weighted by Gasteiger charge is -2.12. The van der Waals surface area contributed by atoms with E-state index in [9.17, 15) is 18.8 Å². The Hall–Kier alpha value is -3.75. The first-order valence-corrected chi connectivity index (χ1v) is 8.13. The van der Waals surface area contributed by atoms with Gasteiger partial charge in [-0.25, -0.2) is 14.2 Å². The second-order valence-corrected chi connectivity index (χ2v) is 6.01. The molecule has 2 aromatic carbocycles. The fraction of sp³-hybridized carbons (Fsp3) is 0.111. The Balaban J connectivity index is 1.51. The zero-order valence-corrected chi connectivity index (χ0v) is 14.0. The number of hydrogen-bond acceptors (Lipinski definition) is 4. The molecule has 0 radical (unpaired) electrons. The number of aromatic amines is 1. The molecule has 3 N–H and O–H groups in total. The number of benzene rings is 2. The van der Waals surface area contributed by atoms with Crippen LogP contribution in [0.1, 0.15) is 0 Å². The van der Waals surface area contributed by atoms with Crippen LogP contribution in [0, 0.1) is 5.82 Å².